The molecule has 0 aliphatic rings. The largest absolute Gasteiger partial charge is 0.347 e. The summed E-state index contributed by atoms with van der Waals surface area (Å²) in [5, 5.41) is 0. The summed E-state index contributed by atoms with van der Waals surface area (Å²) in [7, 11) is -4.01. The second-order valence-electron chi connectivity index (χ2n) is 3.30. The normalized spacial score (nSPS) is 11.6. The fourth-order valence-electron chi connectivity index (χ4n) is 1.23. The van der Waals surface area contributed by atoms with Gasteiger partial charge in [0.2, 0.25) is 10.0 Å². The van der Waals surface area contributed by atoms with Crippen LogP contribution in [0.15, 0.2) is 33.1 Å². The zero-order chi connectivity index (χ0) is 13.2. The van der Waals surface area contributed by atoms with Crippen molar-refractivity contribution in [3.63, 3.8) is 0 Å². The van der Waals surface area contributed by atoms with Gasteiger partial charge in [0.25, 0.3) is 5.56 Å². The van der Waals surface area contributed by atoms with E-state index < -0.39 is 26.2 Å². The van der Waals surface area contributed by atoms with E-state index in [9.17, 15) is 18.0 Å². The molecule has 9 nitrogen and oxygen atoms in total. The van der Waals surface area contributed by atoms with Crippen LogP contribution in [0.3, 0.4) is 0 Å². The molecular formula is C8H9N5O4S. The van der Waals surface area contributed by atoms with E-state index in [4.69, 9.17) is 0 Å². The van der Waals surface area contributed by atoms with Crippen LogP contribution < -0.4 is 16.0 Å². The molecule has 0 atom stereocenters. The van der Waals surface area contributed by atoms with E-state index >= 15 is 0 Å². The van der Waals surface area contributed by atoms with Gasteiger partial charge in [-0.1, -0.05) is 0 Å². The van der Waals surface area contributed by atoms with Crippen molar-refractivity contribution >= 4 is 10.0 Å². The fraction of sp³-hybridized carbons (Fsp3) is 0.125. The van der Waals surface area contributed by atoms with Crippen LogP contribution >= 0.6 is 0 Å². The average Bonchev–Trinajstić information content (AvgIpc) is 2.78. The van der Waals surface area contributed by atoms with E-state index in [1.165, 1.54) is 12.4 Å². The molecule has 2 heterocycles. The summed E-state index contributed by atoms with van der Waals surface area (Å²) in [4.78, 5) is 32.0. The Morgan fingerprint density at radius 2 is 2.06 bits per heavy atom. The smallest absolute Gasteiger partial charge is 0.325 e. The number of imidazole rings is 1. The molecule has 2 aromatic heterocycles. The molecule has 0 aliphatic heterocycles. The van der Waals surface area contributed by atoms with Gasteiger partial charge in [-0.25, -0.2) is 22.9 Å². The second-order valence-corrected chi connectivity index (χ2v) is 5.03. The lowest BCUT2D eigenvalue weighted by Gasteiger charge is -2.03. The standard InChI is InChI=1S/C8H9N5O4S/c14-7-5(3-11-8(15)13-7)18(16,17)12-4-6-9-1-2-10-6/h1-3,12H,4H2,(H,9,10)(H2,11,13,14,15). The summed E-state index contributed by atoms with van der Waals surface area (Å²) in [5.41, 5.74) is -1.75. The number of nitrogens with zero attached hydrogens (tertiary/aromatic N) is 1. The van der Waals surface area contributed by atoms with Gasteiger partial charge in [-0.3, -0.25) is 9.78 Å². The van der Waals surface area contributed by atoms with Crippen LogP contribution in [-0.2, 0) is 16.6 Å². The first kappa shape index (κ1) is 12.3. The molecule has 0 spiro atoms. The maximum Gasteiger partial charge on any atom is 0.325 e. The Morgan fingerprint density at radius 3 is 2.67 bits per heavy atom. The van der Waals surface area contributed by atoms with Crippen molar-refractivity contribution in [1.29, 1.82) is 0 Å². The van der Waals surface area contributed by atoms with Crippen LogP contribution in [0.25, 0.3) is 0 Å². The van der Waals surface area contributed by atoms with E-state index in [0.717, 1.165) is 6.20 Å². The lowest BCUT2D eigenvalue weighted by Crippen LogP contribution is -2.33. The lowest BCUT2D eigenvalue weighted by molar-refractivity contribution is 0.577. The molecular weight excluding hydrogens is 262 g/mol. The number of aromatic nitrogens is 4. The molecule has 0 aliphatic carbocycles. The molecule has 0 saturated heterocycles. The summed E-state index contributed by atoms with van der Waals surface area (Å²) >= 11 is 0. The first-order valence-electron chi connectivity index (χ1n) is 4.79. The highest BCUT2D eigenvalue weighted by molar-refractivity contribution is 7.89. The van der Waals surface area contributed by atoms with Crippen LogP contribution in [0.4, 0.5) is 0 Å². The summed E-state index contributed by atoms with van der Waals surface area (Å²) in [6, 6.07) is 0. The van der Waals surface area contributed by atoms with E-state index in [1.54, 1.807) is 0 Å². The van der Waals surface area contributed by atoms with Crippen molar-refractivity contribution in [3.05, 3.63) is 45.3 Å². The predicted octanol–water partition coefficient (Wildman–Crippen LogP) is -1.74. The van der Waals surface area contributed by atoms with E-state index in [2.05, 4.69) is 19.7 Å². The van der Waals surface area contributed by atoms with Crippen LogP contribution in [0, 0.1) is 0 Å². The highest BCUT2D eigenvalue weighted by Gasteiger charge is 2.18. The SMILES string of the molecule is O=c1[nH]cc(S(=O)(=O)NCc2ncc[nH]2)c(=O)[nH]1. The van der Waals surface area contributed by atoms with Gasteiger partial charge in [0, 0.05) is 18.6 Å². The molecule has 0 saturated carbocycles. The Bertz CT molecular complexity index is 742. The average molecular weight is 271 g/mol. The quantitative estimate of drug-likeness (QED) is 0.522. The number of hydrogen-bond acceptors (Lipinski definition) is 5. The summed E-state index contributed by atoms with van der Waals surface area (Å²) in [5.74, 6) is 0.402. The maximum atomic E-state index is 11.8. The van der Waals surface area contributed by atoms with Gasteiger partial charge >= 0.3 is 5.69 Å². The summed E-state index contributed by atoms with van der Waals surface area (Å²) in [6.45, 7) is -0.0894. The van der Waals surface area contributed by atoms with Crippen molar-refractivity contribution in [3.8, 4) is 0 Å². The van der Waals surface area contributed by atoms with Crippen LogP contribution in [0.2, 0.25) is 0 Å². The number of aromatic amines is 3. The maximum absolute atomic E-state index is 11.8. The Labute approximate surface area is 100 Å². The number of nitrogens with one attached hydrogen (secondary N) is 4. The fourth-order valence-corrected chi connectivity index (χ4v) is 2.22. The number of sulfonamides is 1. The van der Waals surface area contributed by atoms with Gasteiger partial charge in [0.05, 0.1) is 6.54 Å². The number of rotatable bonds is 4. The molecule has 0 fully saturated rings. The van der Waals surface area contributed by atoms with Gasteiger partial charge in [-0.15, -0.1) is 0 Å². The zero-order valence-corrected chi connectivity index (χ0v) is 9.74. The number of hydrogen-bond donors (Lipinski definition) is 4. The van der Waals surface area contributed by atoms with Gasteiger partial charge < -0.3 is 9.97 Å². The molecule has 0 unspecified atom stereocenters. The minimum absolute atomic E-state index is 0.0894. The van der Waals surface area contributed by atoms with E-state index in [1.807, 2.05) is 4.98 Å². The molecule has 2 aromatic rings. The highest BCUT2D eigenvalue weighted by Crippen LogP contribution is 1.99. The Kier molecular flexibility index (Phi) is 3.12. The third-order valence-corrected chi connectivity index (χ3v) is 3.47. The van der Waals surface area contributed by atoms with Gasteiger partial charge in [0.1, 0.15) is 5.82 Å². The monoisotopic (exact) mass is 271 g/mol. The Morgan fingerprint density at radius 1 is 1.28 bits per heavy atom. The Balaban J connectivity index is 2.26. The van der Waals surface area contributed by atoms with Crippen molar-refractivity contribution in [2.45, 2.75) is 11.4 Å². The summed E-state index contributed by atoms with van der Waals surface area (Å²) in [6.07, 6.45) is 3.85. The molecule has 2 rings (SSSR count). The zero-order valence-electron chi connectivity index (χ0n) is 8.93. The van der Waals surface area contributed by atoms with Crippen molar-refractivity contribution in [1.82, 2.24) is 24.7 Å². The topological polar surface area (TPSA) is 141 Å². The van der Waals surface area contributed by atoms with E-state index in [-0.39, 0.29) is 6.54 Å². The van der Waals surface area contributed by atoms with Crippen LogP contribution in [0.5, 0.6) is 0 Å². The molecule has 4 N–H and O–H groups in total. The predicted molar refractivity (Wildman–Crippen MR) is 60.3 cm³/mol. The molecule has 0 aromatic carbocycles. The third kappa shape index (κ3) is 2.55. The molecule has 0 radical (unpaired) electrons. The molecule has 96 valence electrons. The highest BCUT2D eigenvalue weighted by atomic mass is 32.2. The van der Waals surface area contributed by atoms with Crippen LogP contribution in [0.1, 0.15) is 5.82 Å². The number of H-pyrrole nitrogens is 3. The van der Waals surface area contributed by atoms with Gasteiger partial charge in [-0.05, 0) is 0 Å². The third-order valence-electron chi connectivity index (χ3n) is 2.06. The molecule has 10 heteroatoms. The molecule has 0 bridgehead atoms. The second kappa shape index (κ2) is 4.58. The van der Waals surface area contributed by atoms with Crippen molar-refractivity contribution in [2.24, 2.45) is 0 Å². The van der Waals surface area contributed by atoms with Crippen molar-refractivity contribution in [2.75, 3.05) is 0 Å². The van der Waals surface area contributed by atoms with Gasteiger partial charge in [-0.2, -0.15) is 0 Å². The first-order chi connectivity index (χ1) is 8.49. The Hall–Kier alpha value is -2.20. The first-order valence-corrected chi connectivity index (χ1v) is 6.27. The summed E-state index contributed by atoms with van der Waals surface area (Å²) < 4.78 is 25.7. The van der Waals surface area contributed by atoms with Crippen LogP contribution in [-0.4, -0.2) is 28.4 Å². The molecule has 18 heavy (non-hydrogen) atoms. The lowest BCUT2D eigenvalue weighted by atomic mass is 10.6. The van der Waals surface area contributed by atoms with Crippen molar-refractivity contribution < 1.29 is 8.42 Å². The van der Waals surface area contributed by atoms with E-state index in [0.29, 0.717) is 5.82 Å². The minimum Gasteiger partial charge on any atom is -0.347 e. The molecule has 0 amide bonds. The minimum atomic E-state index is -4.01. The van der Waals surface area contributed by atoms with Gasteiger partial charge in [0.15, 0.2) is 4.90 Å².